The predicted molar refractivity (Wildman–Crippen MR) is 162 cm³/mol. The van der Waals surface area contributed by atoms with E-state index < -0.39 is 38.7 Å². The van der Waals surface area contributed by atoms with Crippen LogP contribution in [0, 0.1) is 12.8 Å². The van der Waals surface area contributed by atoms with Gasteiger partial charge in [-0.3, -0.25) is 9.59 Å². The third-order valence-electron chi connectivity index (χ3n) is 7.92. The largest absolute Gasteiger partial charge is 0.543 e. The highest BCUT2D eigenvalue weighted by Crippen LogP contribution is 2.47. The zero-order valence-electron chi connectivity index (χ0n) is 25.0. The molecule has 0 fully saturated rings. The van der Waals surface area contributed by atoms with Crippen LogP contribution < -0.4 is 14.5 Å². The van der Waals surface area contributed by atoms with Gasteiger partial charge < -0.3 is 28.6 Å². The summed E-state index contributed by atoms with van der Waals surface area (Å²) in [5, 5.41) is 6.64. The maximum Gasteiger partial charge on any atom is 0.340 e. The number of nitrogens with one attached hydrogen (secondary N) is 1. The molecule has 1 aromatic carbocycles. The zero-order valence-corrected chi connectivity index (χ0v) is 28.4. The molecule has 0 unspecified atom stereocenters. The second-order valence-corrected chi connectivity index (χ2v) is 17.7. The summed E-state index contributed by atoms with van der Waals surface area (Å²) in [5.41, 5.74) is 0.818. The standard InChI is InChI=1S/C27H39BrN4O7SSi/c1-15(2)27(4,5)41(8,9)39-19-10-20(36-7)24(28)23-17(19)13-40-14-18(25-29-16(3)31-38-25)30-21(33)11-32(6)22(34)12-37-26(23)35/h10,15,18H,11-14H2,1-9H3,(H,30,33)/t18-/m0/s1. The number of likely N-dealkylation sites (N-methyl/N-ethyl adjacent to an activating group) is 1. The number of carbonyl (C=O) groups is 3. The monoisotopic (exact) mass is 670 g/mol. The number of methoxy groups -OCH3 is 1. The van der Waals surface area contributed by atoms with Crippen molar-refractivity contribution >= 4 is 53.8 Å². The number of ether oxygens (including phenoxy) is 2. The van der Waals surface area contributed by atoms with E-state index in [1.54, 1.807) is 13.0 Å². The number of aromatic nitrogens is 2. The van der Waals surface area contributed by atoms with Gasteiger partial charge in [0.15, 0.2) is 12.4 Å². The van der Waals surface area contributed by atoms with E-state index in [0.29, 0.717) is 44.8 Å². The highest BCUT2D eigenvalue weighted by atomic mass is 79.9. The quantitative estimate of drug-likeness (QED) is 0.335. The number of fused-ring (bicyclic) bond motifs is 1. The molecule has 2 aromatic rings. The number of hydrogen-bond acceptors (Lipinski definition) is 10. The molecule has 0 radical (unpaired) electrons. The lowest BCUT2D eigenvalue weighted by Crippen LogP contribution is -2.48. The molecule has 1 aliphatic rings. The van der Waals surface area contributed by atoms with Crippen LogP contribution in [-0.4, -0.2) is 74.2 Å². The molecule has 14 heteroatoms. The first-order chi connectivity index (χ1) is 19.1. The number of aryl methyl sites for hydroxylation is 1. The summed E-state index contributed by atoms with van der Waals surface area (Å²) in [4.78, 5) is 44.6. The summed E-state index contributed by atoms with van der Waals surface area (Å²) in [6.45, 7) is 14.0. The lowest BCUT2D eigenvalue weighted by molar-refractivity contribution is -0.137. The normalized spacial score (nSPS) is 18.0. The average molecular weight is 672 g/mol. The van der Waals surface area contributed by atoms with Crippen molar-refractivity contribution in [3.8, 4) is 11.5 Å². The Morgan fingerprint density at radius 3 is 2.51 bits per heavy atom. The Morgan fingerprint density at radius 2 is 1.93 bits per heavy atom. The smallest absolute Gasteiger partial charge is 0.340 e. The minimum absolute atomic E-state index is 0.113. The molecule has 1 aliphatic heterocycles. The van der Waals surface area contributed by atoms with Crippen LogP contribution >= 0.6 is 27.7 Å². The molecular formula is C27H39BrN4O7SSi. The van der Waals surface area contributed by atoms with Gasteiger partial charge in [-0.05, 0) is 46.9 Å². The van der Waals surface area contributed by atoms with Crippen LogP contribution in [0.3, 0.4) is 0 Å². The third kappa shape index (κ3) is 7.44. The Kier molecular flexibility index (Phi) is 10.6. The summed E-state index contributed by atoms with van der Waals surface area (Å²) >= 11 is 4.99. The first kappa shape index (κ1) is 32.9. The van der Waals surface area contributed by atoms with Gasteiger partial charge in [0.05, 0.1) is 23.7 Å². The molecular weight excluding hydrogens is 632 g/mol. The molecule has 0 aliphatic carbocycles. The fraction of sp³-hybridized carbons (Fsp3) is 0.593. The Balaban J connectivity index is 2.13. The van der Waals surface area contributed by atoms with Crippen molar-refractivity contribution in [2.75, 3.05) is 33.1 Å². The molecule has 41 heavy (non-hydrogen) atoms. The number of esters is 1. The molecule has 226 valence electrons. The van der Waals surface area contributed by atoms with Crippen molar-refractivity contribution in [2.24, 2.45) is 5.92 Å². The lowest BCUT2D eigenvalue weighted by Gasteiger charge is -2.43. The average Bonchev–Trinajstić information content (AvgIpc) is 3.32. The second-order valence-electron chi connectivity index (χ2n) is 11.4. The molecule has 0 saturated heterocycles. The minimum atomic E-state index is -2.43. The number of cyclic esters (lactones) is 1. The first-order valence-electron chi connectivity index (χ1n) is 13.3. The highest BCUT2D eigenvalue weighted by molar-refractivity contribution is 9.10. The maximum atomic E-state index is 13.5. The van der Waals surface area contributed by atoms with Gasteiger partial charge in [0, 0.05) is 30.2 Å². The Bertz CT molecular complexity index is 1300. The molecule has 1 atom stereocenters. The molecule has 1 aromatic heterocycles. The van der Waals surface area contributed by atoms with Crippen molar-refractivity contribution in [2.45, 2.75) is 64.5 Å². The van der Waals surface area contributed by atoms with Crippen LogP contribution in [0.4, 0.5) is 0 Å². The van der Waals surface area contributed by atoms with E-state index in [-0.39, 0.29) is 23.0 Å². The zero-order chi connectivity index (χ0) is 30.7. The number of hydrogen-bond donors (Lipinski definition) is 1. The van der Waals surface area contributed by atoms with Gasteiger partial charge in [-0.15, -0.1) is 0 Å². The van der Waals surface area contributed by atoms with Crippen LogP contribution in [0.25, 0.3) is 0 Å². The van der Waals surface area contributed by atoms with E-state index in [1.807, 2.05) is 0 Å². The van der Waals surface area contributed by atoms with E-state index >= 15 is 0 Å². The molecule has 0 bridgehead atoms. The molecule has 0 spiro atoms. The van der Waals surface area contributed by atoms with Crippen LogP contribution in [0.1, 0.15) is 61.4 Å². The predicted octanol–water partition coefficient (Wildman–Crippen LogP) is 4.89. The van der Waals surface area contributed by atoms with Crippen molar-refractivity contribution in [3.63, 3.8) is 0 Å². The summed E-state index contributed by atoms with van der Waals surface area (Å²) in [6.07, 6.45) is 0. The van der Waals surface area contributed by atoms with Gasteiger partial charge in [0.25, 0.3) is 14.2 Å². The summed E-state index contributed by atoms with van der Waals surface area (Å²) in [7, 11) is 0.545. The van der Waals surface area contributed by atoms with E-state index in [1.165, 1.54) is 30.8 Å². The third-order valence-corrected chi connectivity index (χ3v) is 14.2. The SMILES string of the molecule is COc1cc(O[Si](C)(C)C(C)(C)C(C)C)c2c(c1Br)C(=O)OCC(=O)N(C)CC(=O)N[C@H](c1nc(C)no1)CSC2. The maximum absolute atomic E-state index is 13.5. The van der Waals surface area contributed by atoms with Crippen molar-refractivity contribution in [1.82, 2.24) is 20.4 Å². The Hall–Kier alpha value is -2.58. The van der Waals surface area contributed by atoms with E-state index in [0.717, 1.165) is 0 Å². The molecule has 2 amide bonds. The van der Waals surface area contributed by atoms with E-state index in [9.17, 15) is 14.4 Å². The highest BCUT2D eigenvalue weighted by Gasteiger charge is 2.45. The number of rotatable bonds is 6. The number of halogens is 1. The van der Waals surface area contributed by atoms with E-state index in [2.05, 4.69) is 72.2 Å². The lowest BCUT2D eigenvalue weighted by atomic mass is 9.99. The molecule has 2 heterocycles. The summed E-state index contributed by atoms with van der Waals surface area (Å²) < 4.78 is 23.7. The summed E-state index contributed by atoms with van der Waals surface area (Å²) in [6, 6.07) is 1.16. The van der Waals surface area contributed by atoms with Gasteiger partial charge in [-0.1, -0.05) is 32.9 Å². The fourth-order valence-electron chi connectivity index (χ4n) is 4.11. The van der Waals surface area contributed by atoms with Gasteiger partial charge in [-0.2, -0.15) is 16.7 Å². The number of carbonyl (C=O) groups excluding carboxylic acids is 3. The summed E-state index contributed by atoms with van der Waals surface area (Å²) in [5.74, 6) is 0.979. The van der Waals surface area contributed by atoms with Crippen molar-refractivity contribution < 1.29 is 32.8 Å². The van der Waals surface area contributed by atoms with Crippen molar-refractivity contribution in [1.29, 1.82) is 0 Å². The number of thioether (sulfide) groups is 1. The van der Waals surface area contributed by atoms with Gasteiger partial charge >= 0.3 is 5.97 Å². The van der Waals surface area contributed by atoms with Crippen LogP contribution in [0.5, 0.6) is 11.5 Å². The number of amides is 2. The fourth-order valence-corrected chi connectivity index (χ4v) is 8.24. The van der Waals surface area contributed by atoms with Gasteiger partial charge in [0.1, 0.15) is 17.5 Å². The number of benzene rings is 1. The van der Waals surface area contributed by atoms with Gasteiger partial charge in [-0.25, -0.2) is 4.79 Å². The Labute approximate surface area is 254 Å². The number of nitrogens with zero attached hydrogens (tertiary/aromatic N) is 3. The molecule has 11 nitrogen and oxygen atoms in total. The molecule has 1 N–H and O–H groups in total. The minimum Gasteiger partial charge on any atom is -0.543 e. The Morgan fingerprint density at radius 1 is 1.24 bits per heavy atom. The van der Waals surface area contributed by atoms with Gasteiger partial charge in [0.2, 0.25) is 11.8 Å². The van der Waals surface area contributed by atoms with E-state index in [4.69, 9.17) is 18.4 Å². The second kappa shape index (κ2) is 13.2. The van der Waals surface area contributed by atoms with Crippen LogP contribution in [-0.2, 0) is 20.1 Å². The van der Waals surface area contributed by atoms with Crippen LogP contribution in [0.2, 0.25) is 18.1 Å². The molecule has 0 saturated carbocycles. The van der Waals surface area contributed by atoms with Crippen LogP contribution in [0.15, 0.2) is 15.1 Å². The van der Waals surface area contributed by atoms with Crippen molar-refractivity contribution in [3.05, 3.63) is 33.4 Å². The first-order valence-corrected chi connectivity index (χ1v) is 18.1. The molecule has 3 rings (SSSR count). The topological polar surface area (TPSA) is 133 Å².